The second-order valence-electron chi connectivity index (χ2n) is 5.99. The van der Waals surface area contributed by atoms with Crippen LogP contribution in [0.3, 0.4) is 0 Å². The smallest absolute Gasteiger partial charge is 0.268 e. The Morgan fingerprint density at radius 1 is 1.35 bits per heavy atom. The quantitative estimate of drug-likeness (QED) is 0.637. The van der Waals surface area contributed by atoms with Crippen molar-refractivity contribution in [3.63, 3.8) is 0 Å². The summed E-state index contributed by atoms with van der Waals surface area (Å²) in [4.78, 5) is 16.3. The van der Waals surface area contributed by atoms with Crippen LogP contribution in [0.4, 0.5) is 0 Å². The van der Waals surface area contributed by atoms with Gasteiger partial charge in [-0.05, 0) is 30.5 Å². The fourth-order valence-corrected chi connectivity index (χ4v) is 3.56. The van der Waals surface area contributed by atoms with Crippen LogP contribution in [0, 0.1) is 0 Å². The highest BCUT2D eigenvalue weighted by Gasteiger charge is 2.19. The van der Waals surface area contributed by atoms with Gasteiger partial charge in [0.2, 0.25) is 0 Å². The molecule has 3 aromatic rings. The molecule has 0 bridgehead atoms. The molecule has 0 spiro atoms. The maximum Gasteiger partial charge on any atom is 0.268 e. The van der Waals surface area contributed by atoms with Gasteiger partial charge >= 0.3 is 0 Å². The molecule has 0 fully saturated rings. The minimum absolute atomic E-state index is 0.180. The van der Waals surface area contributed by atoms with Gasteiger partial charge in [-0.15, -0.1) is 11.3 Å². The molecule has 0 aliphatic carbocycles. The average molecular weight is 371 g/mol. The van der Waals surface area contributed by atoms with E-state index in [4.69, 9.17) is 10.5 Å². The number of carbonyl (C=O) groups excluding carboxylic acids is 1. The van der Waals surface area contributed by atoms with Gasteiger partial charge in [-0.3, -0.25) is 4.79 Å². The lowest BCUT2D eigenvalue weighted by Gasteiger charge is -2.21. The van der Waals surface area contributed by atoms with Gasteiger partial charge in [0.25, 0.3) is 5.91 Å². The fraction of sp³-hybridized carbons (Fsp3) is 0.263. The summed E-state index contributed by atoms with van der Waals surface area (Å²) in [5.41, 5.74) is 6.47. The number of hydrogen-bond acceptors (Lipinski definition) is 5. The summed E-state index contributed by atoms with van der Waals surface area (Å²) >= 11 is 1.66. The molecule has 1 aromatic carbocycles. The fourth-order valence-electron chi connectivity index (χ4n) is 2.80. The second-order valence-corrected chi connectivity index (χ2v) is 6.94. The number of nitrogens with two attached hydrogens (primary N) is 1. The van der Waals surface area contributed by atoms with Crippen LogP contribution in [0.25, 0.3) is 10.4 Å². The molecule has 0 saturated carbocycles. The summed E-state index contributed by atoms with van der Waals surface area (Å²) in [6, 6.07) is 11.7. The Labute approximate surface area is 155 Å². The number of imidazole rings is 1. The molecular formula is C19H21N3O3S. The van der Waals surface area contributed by atoms with Crippen molar-refractivity contribution in [1.29, 1.82) is 0 Å². The number of thiophene rings is 1. The third kappa shape index (κ3) is 4.12. The molecule has 7 heteroatoms. The monoisotopic (exact) mass is 371 g/mol. The Kier molecular flexibility index (Phi) is 5.70. The largest absolute Gasteiger partial charge is 0.493 e. The van der Waals surface area contributed by atoms with Gasteiger partial charge in [0, 0.05) is 23.1 Å². The molecule has 0 aliphatic heterocycles. The summed E-state index contributed by atoms with van der Waals surface area (Å²) in [6.45, 7) is 2.12. The molecule has 0 aliphatic rings. The first kappa shape index (κ1) is 18.2. The molecule has 0 unspecified atom stereocenters. The van der Waals surface area contributed by atoms with E-state index in [1.807, 2.05) is 35.7 Å². The maximum atomic E-state index is 11.2. The standard InChI is InChI=1S/C19H21N3O3S/c1-13(23)16(22-11-15(19(20)24)21-12-22)8-9-25-17-6-3-2-5-14(17)18-7-4-10-26-18/h2-7,10-13,16,23H,8-9H2,1H3,(H2,20,24)/t13-,16+/m0/s1. The predicted octanol–water partition coefficient (Wildman–Crippen LogP) is 3.10. The summed E-state index contributed by atoms with van der Waals surface area (Å²) in [5.74, 6) is 0.219. The van der Waals surface area contributed by atoms with Crippen molar-refractivity contribution in [2.75, 3.05) is 6.61 Å². The number of aliphatic hydroxyl groups is 1. The Hall–Kier alpha value is -2.64. The van der Waals surface area contributed by atoms with Crippen LogP contribution in [0.15, 0.2) is 54.3 Å². The summed E-state index contributed by atoms with van der Waals surface area (Å²) in [6.07, 6.45) is 3.00. The highest BCUT2D eigenvalue weighted by molar-refractivity contribution is 7.13. The number of hydrogen-bond donors (Lipinski definition) is 2. The number of ether oxygens (including phenoxy) is 1. The lowest BCUT2D eigenvalue weighted by atomic mass is 10.1. The zero-order valence-corrected chi connectivity index (χ0v) is 15.2. The van der Waals surface area contributed by atoms with Gasteiger partial charge in [-0.2, -0.15) is 0 Å². The number of primary amides is 1. The Balaban J connectivity index is 1.68. The van der Waals surface area contributed by atoms with Gasteiger partial charge < -0.3 is 20.1 Å². The molecular weight excluding hydrogens is 350 g/mol. The number of amides is 1. The van der Waals surface area contributed by atoms with E-state index < -0.39 is 12.0 Å². The van der Waals surface area contributed by atoms with Crippen LogP contribution >= 0.6 is 11.3 Å². The van der Waals surface area contributed by atoms with E-state index in [1.54, 1.807) is 29.0 Å². The number of aromatic nitrogens is 2. The highest BCUT2D eigenvalue weighted by Crippen LogP contribution is 2.33. The van der Waals surface area contributed by atoms with Gasteiger partial charge in [0.1, 0.15) is 11.4 Å². The van der Waals surface area contributed by atoms with E-state index in [-0.39, 0.29) is 11.7 Å². The predicted molar refractivity (Wildman–Crippen MR) is 101 cm³/mol. The number of rotatable bonds is 8. The first-order valence-corrected chi connectivity index (χ1v) is 9.21. The van der Waals surface area contributed by atoms with E-state index in [2.05, 4.69) is 11.1 Å². The molecule has 0 saturated heterocycles. The molecule has 0 radical (unpaired) electrons. The van der Waals surface area contributed by atoms with Crippen molar-refractivity contribution in [3.05, 3.63) is 60.0 Å². The van der Waals surface area contributed by atoms with Gasteiger partial charge in [0.15, 0.2) is 0 Å². The van der Waals surface area contributed by atoms with Gasteiger partial charge in [-0.1, -0.05) is 18.2 Å². The van der Waals surface area contributed by atoms with Crippen LogP contribution in [-0.2, 0) is 0 Å². The van der Waals surface area contributed by atoms with Crippen LogP contribution in [0.1, 0.15) is 29.9 Å². The average Bonchev–Trinajstić information content (AvgIpc) is 3.30. The van der Waals surface area contributed by atoms with Crippen LogP contribution in [0.2, 0.25) is 0 Å². The zero-order valence-electron chi connectivity index (χ0n) is 14.4. The lowest BCUT2D eigenvalue weighted by molar-refractivity contribution is 0.0993. The summed E-state index contributed by atoms with van der Waals surface area (Å²) in [7, 11) is 0. The van der Waals surface area contributed by atoms with Crippen molar-refractivity contribution in [2.24, 2.45) is 5.73 Å². The molecule has 2 heterocycles. The molecule has 26 heavy (non-hydrogen) atoms. The minimum Gasteiger partial charge on any atom is -0.493 e. The Bertz CT molecular complexity index is 859. The third-order valence-electron chi connectivity index (χ3n) is 4.14. The Morgan fingerprint density at radius 3 is 2.81 bits per heavy atom. The second kappa shape index (κ2) is 8.16. The molecule has 3 N–H and O–H groups in total. The molecule has 3 rings (SSSR count). The first-order chi connectivity index (χ1) is 12.6. The van der Waals surface area contributed by atoms with E-state index in [1.165, 1.54) is 6.33 Å². The Morgan fingerprint density at radius 2 is 2.15 bits per heavy atom. The van der Waals surface area contributed by atoms with Crippen molar-refractivity contribution < 1.29 is 14.6 Å². The molecule has 6 nitrogen and oxygen atoms in total. The topological polar surface area (TPSA) is 90.4 Å². The van der Waals surface area contributed by atoms with Crippen molar-refractivity contribution in [1.82, 2.24) is 9.55 Å². The third-order valence-corrected chi connectivity index (χ3v) is 5.04. The number of carbonyl (C=O) groups is 1. The SMILES string of the molecule is C[C@H](O)[C@@H](CCOc1ccccc1-c1cccs1)n1cnc(C(N)=O)c1. The van der Waals surface area contributed by atoms with Crippen LogP contribution in [0.5, 0.6) is 5.75 Å². The number of nitrogens with zero attached hydrogens (tertiary/aromatic N) is 2. The lowest BCUT2D eigenvalue weighted by Crippen LogP contribution is -2.23. The number of para-hydroxylation sites is 1. The normalized spacial score (nSPS) is 13.3. The van der Waals surface area contributed by atoms with E-state index in [0.29, 0.717) is 13.0 Å². The molecule has 136 valence electrons. The van der Waals surface area contributed by atoms with E-state index in [9.17, 15) is 9.90 Å². The number of aliphatic hydroxyl groups excluding tert-OH is 1. The minimum atomic E-state index is -0.624. The maximum absolute atomic E-state index is 11.2. The number of benzene rings is 1. The highest BCUT2D eigenvalue weighted by atomic mass is 32.1. The molecule has 2 aromatic heterocycles. The van der Waals surface area contributed by atoms with Crippen molar-refractivity contribution >= 4 is 17.2 Å². The van der Waals surface area contributed by atoms with Crippen molar-refractivity contribution in [2.45, 2.75) is 25.5 Å². The van der Waals surface area contributed by atoms with Gasteiger partial charge in [-0.25, -0.2) is 4.98 Å². The molecule has 2 atom stereocenters. The summed E-state index contributed by atoms with van der Waals surface area (Å²) < 4.78 is 7.70. The van der Waals surface area contributed by atoms with Crippen LogP contribution in [-0.4, -0.2) is 33.3 Å². The van der Waals surface area contributed by atoms with E-state index >= 15 is 0 Å². The van der Waals surface area contributed by atoms with E-state index in [0.717, 1.165) is 16.2 Å². The molecule has 1 amide bonds. The summed E-state index contributed by atoms with van der Waals surface area (Å²) in [5, 5.41) is 12.1. The van der Waals surface area contributed by atoms with Crippen LogP contribution < -0.4 is 10.5 Å². The van der Waals surface area contributed by atoms with Gasteiger partial charge in [0.05, 0.1) is 25.1 Å². The zero-order chi connectivity index (χ0) is 18.5. The van der Waals surface area contributed by atoms with Crippen molar-refractivity contribution in [3.8, 4) is 16.2 Å². The first-order valence-electron chi connectivity index (χ1n) is 8.33.